The summed E-state index contributed by atoms with van der Waals surface area (Å²) in [7, 11) is 2.03. The Labute approximate surface area is 136 Å². The Kier molecular flexibility index (Phi) is 12.0. The second-order valence-corrected chi connectivity index (χ2v) is 6.28. The molecule has 2 nitrogen and oxygen atoms in total. The van der Waals surface area contributed by atoms with E-state index < -0.39 is 0 Å². The Balaban J connectivity index is 0.000000921. The lowest BCUT2D eigenvalue weighted by Crippen LogP contribution is -2.41. The van der Waals surface area contributed by atoms with Gasteiger partial charge in [0.1, 0.15) is 0 Å². The van der Waals surface area contributed by atoms with E-state index in [0.29, 0.717) is 5.41 Å². The lowest BCUT2D eigenvalue weighted by molar-refractivity contribution is 0.169. The molecular weight excluding hydrogens is 276 g/mol. The lowest BCUT2D eigenvalue weighted by Gasteiger charge is -2.39. The van der Waals surface area contributed by atoms with E-state index in [9.17, 15) is 0 Å². The Morgan fingerprint density at radius 1 is 1.19 bits per heavy atom. The molecule has 2 heterocycles. The molecule has 0 bridgehead atoms. The number of thiophene rings is 1. The van der Waals surface area contributed by atoms with E-state index in [1.807, 2.05) is 46.1 Å². The van der Waals surface area contributed by atoms with E-state index in [1.165, 1.54) is 38.9 Å². The average Bonchev–Trinajstić information content (AvgIpc) is 3.09. The van der Waals surface area contributed by atoms with Crippen LogP contribution in [0.15, 0.2) is 17.5 Å². The molecule has 1 fully saturated rings. The third-order valence-corrected chi connectivity index (χ3v) is 5.15. The van der Waals surface area contributed by atoms with E-state index in [-0.39, 0.29) is 0 Å². The van der Waals surface area contributed by atoms with Crippen molar-refractivity contribution in [2.45, 2.75) is 59.3 Å². The molecule has 1 saturated heterocycles. The van der Waals surface area contributed by atoms with Crippen LogP contribution in [0.4, 0.5) is 0 Å². The number of rotatable bonds is 5. The zero-order valence-corrected chi connectivity index (χ0v) is 15.9. The van der Waals surface area contributed by atoms with Gasteiger partial charge in [0.05, 0.1) is 0 Å². The highest BCUT2D eigenvalue weighted by atomic mass is 32.1. The SMILES string of the molecule is CC.CC.CNCCCN1CCC(C)(c2cccs2)CC1. The Morgan fingerprint density at radius 2 is 1.81 bits per heavy atom. The normalized spacial score (nSPS) is 17.2. The van der Waals surface area contributed by atoms with Crippen LogP contribution in [0, 0.1) is 0 Å². The van der Waals surface area contributed by atoms with Crippen LogP contribution in [0.1, 0.15) is 58.8 Å². The Bertz CT molecular complexity index is 314. The van der Waals surface area contributed by atoms with Crippen molar-refractivity contribution in [3.63, 3.8) is 0 Å². The fraction of sp³-hybridized carbons (Fsp3) is 0.778. The van der Waals surface area contributed by atoms with Crippen LogP contribution in [0.25, 0.3) is 0 Å². The van der Waals surface area contributed by atoms with Crippen molar-refractivity contribution in [1.82, 2.24) is 10.2 Å². The summed E-state index contributed by atoms with van der Waals surface area (Å²) >= 11 is 1.92. The van der Waals surface area contributed by atoms with Gasteiger partial charge in [-0.2, -0.15) is 0 Å². The maximum Gasteiger partial charge on any atom is 0.0105 e. The number of hydrogen-bond acceptors (Lipinski definition) is 3. The first kappa shape index (κ1) is 20.6. The molecule has 1 aromatic rings. The molecule has 2 rings (SSSR count). The first-order chi connectivity index (χ1) is 10.2. The van der Waals surface area contributed by atoms with E-state index in [4.69, 9.17) is 0 Å². The van der Waals surface area contributed by atoms with Crippen LogP contribution < -0.4 is 5.32 Å². The molecule has 0 aromatic carbocycles. The molecule has 1 aliphatic heterocycles. The molecule has 0 saturated carbocycles. The molecule has 0 amide bonds. The van der Waals surface area contributed by atoms with Gasteiger partial charge in [-0.05, 0) is 63.9 Å². The molecule has 1 aliphatic rings. The summed E-state index contributed by atoms with van der Waals surface area (Å²) in [4.78, 5) is 4.19. The van der Waals surface area contributed by atoms with Gasteiger partial charge >= 0.3 is 0 Å². The van der Waals surface area contributed by atoms with Crippen LogP contribution >= 0.6 is 11.3 Å². The summed E-state index contributed by atoms with van der Waals surface area (Å²) in [5, 5.41) is 5.43. The molecule has 0 atom stereocenters. The van der Waals surface area contributed by atoms with Gasteiger partial charge in [-0.3, -0.25) is 0 Å². The summed E-state index contributed by atoms with van der Waals surface area (Å²) in [6.07, 6.45) is 3.90. The standard InChI is InChI=1S/C14H24N2S.2C2H6/c1-14(13-5-3-12-17-13)6-10-16(11-7-14)9-4-8-15-2;2*1-2/h3,5,12,15H,4,6-11H2,1-2H3;2*1-2H3. The predicted octanol–water partition coefficient (Wildman–Crippen LogP) is 4.76. The van der Waals surface area contributed by atoms with Crippen LogP contribution in [0.2, 0.25) is 0 Å². The van der Waals surface area contributed by atoms with Crippen molar-refractivity contribution in [3.05, 3.63) is 22.4 Å². The molecule has 124 valence electrons. The molecule has 1 N–H and O–H groups in total. The minimum Gasteiger partial charge on any atom is -0.320 e. The third kappa shape index (κ3) is 6.94. The Hall–Kier alpha value is -0.380. The summed E-state index contributed by atoms with van der Waals surface area (Å²) in [6, 6.07) is 4.49. The molecular formula is C18H36N2S. The van der Waals surface area contributed by atoms with E-state index in [1.54, 1.807) is 4.88 Å². The van der Waals surface area contributed by atoms with Gasteiger partial charge in [0, 0.05) is 10.3 Å². The topological polar surface area (TPSA) is 15.3 Å². The number of piperidine rings is 1. The van der Waals surface area contributed by atoms with Gasteiger partial charge in [-0.25, -0.2) is 0 Å². The first-order valence-electron chi connectivity index (χ1n) is 8.65. The number of nitrogens with one attached hydrogen (secondary N) is 1. The van der Waals surface area contributed by atoms with Gasteiger partial charge in [0.25, 0.3) is 0 Å². The number of nitrogens with zero attached hydrogens (tertiary/aromatic N) is 1. The number of likely N-dealkylation sites (tertiary alicyclic amines) is 1. The molecule has 0 spiro atoms. The lowest BCUT2D eigenvalue weighted by atomic mass is 9.79. The highest BCUT2D eigenvalue weighted by Gasteiger charge is 2.32. The smallest absolute Gasteiger partial charge is 0.0105 e. The van der Waals surface area contributed by atoms with Crippen molar-refractivity contribution in [2.75, 3.05) is 33.2 Å². The third-order valence-electron chi connectivity index (χ3n) is 3.98. The molecule has 0 aliphatic carbocycles. The second-order valence-electron chi connectivity index (χ2n) is 5.34. The molecule has 21 heavy (non-hydrogen) atoms. The van der Waals surface area contributed by atoms with Crippen LogP contribution in [0.3, 0.4) is 0 Å². The van der Waals surface area contributed by atoms with Crippen molar-refractivity contribution >= 4 is 11.3 Å². The van der Waals surface area contributed by atoms with Gasteiger partial charge < -0.3 is 10.2 Å². The molecule has 3 heteroatoms. The monoisotopic (exact) mass is 312 g/mol. The highest BCUT2D eigenvalue weighted by Crippen LogP contribution is 2.37. The van der Waals surface area contributed by atoms with Gasteiger partial charge in [0.15, 0.2) is 0 Å². The van der Waals surface area contributed by atoms with E-state index in [2.05, 4.69) is 34.7 Å². The van der Waals surface area contributed by atoms with Gasteiger partial charge in [0.2, 0.25) is 0 Å². The zero-order valence-electron chi connectivity index (χ0n) is 15.0. The van der Waals surface area contributed by atoms with Crippen molar-refractivity contribution in [3.8, 4) is 0 Å². The molecule has 0 radical (unpaired) electrons. The average molecular weight is 313 g/mol. The maximum atomic E-state index is 3.22. The maximum absolute atomic E-state index is 3.22. The molecule has 1 aromatic heterocycles. The fourth-order valence-corrected chi connectivity index (χ4v) is 3.57. The summed E-state index contributed by atoms with van der Waals surface area (Å²) in [5.74, 6) is 0. The van der Waals surface area contributed by atoms with Crippen LogP contribution in [-0.4, -0.2) is 38.1 Å². The number of hydrogen-bond donors (Lipinski definition) is 1. The van der Waals surface area contributed by atoms with Crippen LogP contribution in [-0.2, 0) is 5.41 Å². The van der Waals surface area contributed by atoms with Crippen molar-refractivity contribution in [2.24, 2.45) is 0 Å². The fourth-order valence-electron chi connectivity index (χ4n) is 2.62. The summed E-state index contributed by atoms with van der Waals surface area (Å²) < 4.78 is 0. The highest BCUT2D eigenvalue weighted by molar-refractivity contribution is 7.10. The zero-order chi connectivity index (χ0) is 16.1. The largest absolute Gasteiger partial charge is 0.320 e. The van der Waals surface area contributed by atoms with Gasteiger partial charge in [-0.1, -0.05) is 40.7 Å². The second kappa shape index (κ2) is 12.2. The first-order valence-corrected chi connectivity index (χ1v) is 9.53. The summed E-state index contributed by atoms with van der Waals surface area (Å²) in [6.45, 7) is 15.3. The predicted molar refractivity (Wildman–Crippen MR) is 98.6 cm³/mol. The minimum atomic E-state index is 0.438. The summed E-state index contributed by atoms with van der Waals surface area (Å²) in [5.41, 5.74) is 0.438. The Morgan fingerprint density at radius 3 is 2.29 bits per heavy atom. The molecule has 0 unspecified atom stereocenters. The van der Waals surface area contributed by atoms with Crippen molar-refractivity contribution in [1.29, 1.82) is 0 Å². The van der Waals surface area contributed by atoms with Gasteiger partial charge in [-0.15, -0.1) is 11.3 Å². The van der Waals surface area contributed by atoms with E-state index >= 15 is 0 Å². The van der Waals surface area contributed by atoms with E-state index in [0.717, 1.165) is 6.54 Å². The minimum absolute atomic E-state index is 0.438. The van der Waals surface area contributed by atoms with Crippen molar-refractivity contribution < 1.29 is 0 Å². The quantitative estimate of drug-likeness (QED) is 0.788. The van der Waals surface area contributed by atoms with Crippen LogP contribution in [0.5, 0.6) is 0 Å².